The average Bonchev–Trinajstić information content (AvgIpc) is 3.76. The summed E-state index contributed by atoms with van der Waals surface area (Å²) in [5, 5.41) is 6.42. The molecule has 0 radical (unpaired) electrons. The van der Waals surface area contributed by atoms with Gasteiger partial charge in [0.2, 0.25) is 0 Å². The van der Waals surface area contributed by atoms with Gasteiger partial charge in [-0.05, 0) is 143 Å². The van der Waals surface area contributed by atoms with E-state index in [4.69, 9.17) is 0 Å². The fourth-order valence-corrected chi connectivity index (χ4v) is 12.9. The van der Waals surface area contributed by atoms with E-state index in [1.165, 1.54) is 121 Å². The van der Waals surface area contributed by atoms with Crippen molar-refractivity contribution in [2.75, 3.05) is 4.90 Å². The van der Waals surface area contributed by atoms with E-state index >= 15 is 0 Å². The number of rotatable bonds is 6. The second-order valence-electron chi connectivity index (χ2n) is 19.1. The molecule has 13 rings (SSSR count). The highest BCUT2D eigenvalue weighted by Gasteiger charge is 2.49. The highest BCUT2D eigenvalue weighted by molar-refractivity contribution is 6.14. The second kappa shape index (κ2) is 13.9. The van der Waals surface area contributed by atoms with Crippen LogP contribution in [0, 0.1) is 17.8 Å². The molecule has 3 unspecified atom stereocenters. The molecule has 1 saturated carbocycles. The third-order valence-electron chi connectivity index (χ3n) is 15.4. The molecule has 8 aromatic rings. The van der Waals surface area contributed by atoms with E-state index in [1.54, 1.807) is 5.57 Å². The van der Waals surface area contributed by atoms with Gasteiger partial charge in [-0.2, -0.15) is 0 Å². The Kier molecular flexibility index (Phi) is 8.11. The normalized spacial score (nSPS) is 23.3. The summed E-state index contributed by atoms with van der Waals surface area (Å²) in [5.74, 6) is 2.66. The molecule has 5 atom stereocenters. The van der Waals surface area contributed by atoms with Crippen LogP contribution in [0.4, 0.5) is 17.1 Å². The zero-order valence-electron chi connectivity index (χ0n) is 35.3. The number of para-hydroxylation sites is 1. The minimum absolute atomic E-state index is 0.142. The highest BCUT2D eigenvalue weighted by atomic mass is 15.1. The first kappa shape index (κ1) is 36.1. The average molecular weight is 799 g/mol. The minimum atomic E-state index is 0.142. The van der Waals surface area contributed by atoms with Crippen molar-refractivity contribution in [3.63, 3.8) is 0 Å². The largest absolute Gasteiger partial charge is 0.312 e. The Balaban J connectivity index is 0.945. The van der Waals surface area contributed by atoms with Crippen molar-refractivity contribution in [2.24, 2.45) is 17.8 Å². The van der Waals surface area contributed by atoms with Crippen LogP contribution in [0.1, 0.15) is 68.2 Å². The van der Waals surface area contributed by atoms with Crippen LogP contribution < -0.4 is 4.90 Å². The minimum Gasteiger partial charge on any atom is -0.312 e. The molecule has 62 heavy (non-hydrogen) atoms. The quantitative estimate of drug-likeness (QED) is 0.120. The first-order valence-corrected chi connectivity index (χ1v) is 23.0. The molecule has 1 fully saturated rings. The molecular weight excluding hydrogens is 749 g/mol. The van der Waals surface area contributed by atoms with Crippen molar-refractivity contribution in [3.05, 3.63) is 210 Å². The first-order valence-electron chi connectivity index (χ1n) is 23.0. The van der Waals surface area contributed by atoms with Crippen LogP contribution in [0.15, 0.2) is 193 Å². The van der Waals surface area contributed by atoms with E-state index < -0.39 is 0 Å². The number of aromatic nitrogens is 1. The maximum absolute atomic E-state index is 2.69. The summed E-state index contributed by atoms with van der Waals surface area (Å²) in [7, 11) is 0. The molecule has 2 nitrogen and oxygen atoms in total. The second-order valence-corrected chi connectivity index (χ2v) is 19.1. The molecule has 0 amide bonds. The molecule has 2 heteroatoms. The van der Waals surface area contributed by atoms with Crippen molar-refractivity contribution in [1.82, 2.24) is 4.57 Å². The van der Waals surface area contributed by atoms with Gasteiger partial charge in [0.05, 0.1) is 11.2 Å². The molecule has 1 heterocycles. The van der Waals surface area contributed by atoms with Crippen LogP contribution in [0.3, 0.4) is 0 Å². The van der Waals surface area contributed by atoms with Gasteiger partial charge in [0.1, 0.15) is 0 Å². The number of nitrogens with zero attached hydrogens (tertiary/aromatic N) is 2. The molecule has 1 aromatic heterocycles. The number of benzene rings is 7. The van der Waals surface area contributed by atoms with E-state index in [2.05, 4.69) is 205 Å². The van der Waals surface area contributed by atoms with Crippen molar-refractivity contribution in [3.8, 4) is 16.8 Å². The van der Waals surface area contributed by atoms with Crippen molar-refractivity contribution < 1.29 is 0 Å². The van der Waals surface area contributed by atoms with Gasteiger partial charge >= 0.3 is 0 Å². The van der Waals surface area contributed by atoms with E-state index in [0.29, 0.717) is 5.92 Å². The standard InChI is InChI=1S/C60H50N2/c1-39-30-40-31-41-33-47(32-40)60(37-39,38-41)46-15-11-17-50(36-46)61(58-35-45-13-3-4-18-51(45)53-20-6-7-21-54(53)58)48-27-24-42(25-28-48)44-14-10-16-49(34-44)62-57-23-9-8-22-55(57)56-29-26-43-12-2-5-19-52(43)59(56)62/h2-18,20-29,33-36,39-41,52H,19,30-32,37-38H2,1H3/t39-,40?,41+,52?,60?/m0/s1. The summed E-state index contributed by atoms with van der Waals surface area (Å²) in [6.07, 6.45) is 21.7. The Labute approximate surface area is 364 Å². The maximum Gasteiger partial charge on any atom is 0.0546 e. The Morgan fingerprint density at radius 2 is 1.45 bits per heavy atom. The lowest BCUT2D eigenvalue weighted by Gasteiger charge is -2.36. The van der Waals surface area contributed by atoms with Crippen LogP contribution in [0.25, 0.3) is 55.3 Å². The van der Waals surface area contributed by atoms with Gasteiger partial charge in [0, 0.05) is 50.4 Å². The van der Waals surface area contributed by atoms with Gasteiger partial charge in [-0.1, -0.05) is 152 Å². The molecule has 3 bridgehead atoms. The van der Waals surface area contributed by atoms with Gasteiger partial charge in [-0.25, -0.2) is 0 Å². The topological polar surface area (TPSA) is 8.17 Å². The summed E-state index contributed by atoms with van der Waals surface area (Å²) in [6.45, 7) is 2.51. The van der Waals surface area contributed by atoms with Crippen molar-refractivity contribution in [1.29, 1.82) is 0 Å². The van der Waals surface area contributed by atoms with Gasteiger partial charge in [-0.15, -0.1) is 0 Å². The van der Waals surface area contributed by atoms with Gasteiger partial charge in [0.25, 0.3) is 0 Å². The summed E-state index contributed by atoms with van der Waals surface area (Å²) in [6, 6.07) is 57.5. The lowest BCUT2D eigenvalue weighted by atomic mass is 9.69. The zero-order chi connectivity index (χ0) is 40.9. The number of fused-ring (bicyclic) bond motifs is 10. The monoisotopic (exact) mass is 798 g/mol. The first-order chi connectivity index (χ1) is 30.6. The van der Waals surface area contributed by atoms with Crippen LogP contribution in [0.5, 0.6) is 0 Å². The van der Waals surface area contributed by atoms with E-state index in [9.17, 15) is 0 Å². The van der Waals surface area contributed by atoms with Crippen molar-refractivity contribution in [2.45, 2.75) is 56.8 Å². The molecule has 0 N–H and O–H groups in total. The fourth-order valence-electron chi connectivity index (χ4n) is 12.9. The van der Waals surface area contributed by atoms with Crippen LogP contribution in [0.2, 0.25) is 0 Å². The predicted molar refractivity (Wildman–Crippen MR) is 261 cm³/mol. The molecule has 5 aliphatic carbocycles. The lowest BCUT2D eigenvalue weighted by molar-refractivity contribution is 0.272. The molecule has 300 valence electrons. The molecular formula is C60H50N2. The third kappa shape index (κ3) is 5.55. The van der Waals surface area contributed by atoms with E-state index in [0.717, 1.165) is 24.2 Å². The van der Waals surface area contributed by atoms with Gasteiger partial charge in [0.15, 0.2) is 0 Å². The number of allylic oxidation sites excluding steroid dienone is 7. The van der Waals surface area contributed by atoms with Crippen molar-refractivity contribution >= 4 is 55.6 Å². The summed E-state index contributed by atoms with van der Waals surface area (Å²) >= 11 is 0. The van der Waals surface area contributed by atoms with E-state index in [1.807, 2.05) is 0 Å². The Bertz CT molecular complexity index is 3240. The Hall–Kier alpha value is -6.64. The summed E-state index contributed by atoms with van der Waals surface area (Å²) in [4.78, 5) is 2.54. The zero-order valence-corrected chi connectivity index (χ0v) is 35.3. The van der Waals surface area contributed by atoms with Crippen LogP contribution in [-0.2, 0) is 5.41 Å². The van der Waals surface area contributed by atoms with Gasteiger partial charge < -0.3 is 9.47 Å². The number of hydrogen-bond acceptors (Lipinski definition) is 1. The molecule has 0 aliphatic heterocycles. The fraction of sp³-hybridized carbons (Fsp3) is 0.200. The maximum atomic E-state index is 2.69. The predicted octanol–water partition coefficient (Wildman–Crippen LogP) is 16.1. The number of hydrogen-bond donors (Lipinski definition) is 0. The highest BCUT2D eigenvalue weighted by Crippen LogP contribution is 2.59. The molecule has 5 aliphatic rings. The SMILES string of the molecule is C[C@H]1CC2CC3=C[C@@H](C2)CC3(c2cccc(N(c3ccc(-c4cccc(-n5c6c(c7ccccc75)C=CC5=CC=CCC56)c4)cc3)c3cc4ccccc4c4ccccc34)c2)C1. The van der Waals surface area contributed by atoms with Gasteiger partial charge in [-0.3, -0.25) is 0 Å². The van der Waals surface area contributed by atoms with Crippen LogP contribution in [-0.4, -0.2) is 4.57 Å². The lowest BCUT2D eigenvalue weighted by Crippen LogP contribution is -2.28. The molecule has 0 spiro atoms. The smallest absolute Gasteiger partial charge is 0.0546 e. The molecule has 7 aromatic carbocycles. The Morgan fingerprint density at radius 3 is 2.35 bits per heavy atom. The summed E-state index contributed by atoms with van der Waals surface area (Å²) < 4.78 is 2.53. The Morgan fingerprint density at radius 1 is 0.645 bits per heavy atom. The molecule has 0 saturated heterocycles. The van der Waals surface area contributed by atoms with Crippen LogP contribution >= 0.6 is 0 Å². The number of anilines is 3. The van der Waals surface area contributed by atoms with E-state index in [-0.39, 0.29) is 5.41 Å². The third-order valence-corrected chi connectivity index (χ3v) is 15.4. The summed E-state index contributed by atoms with van der Waals surface area (Å²) in [5.41, 5.74) is 16.0.